The summed E-state index contributed by atoms with van der Waals surface area (Å²) in [7, 11) is -3.93. The van der Waals surface area contributed by atoms with E-state index in [9.17, 15) is 13.2 Å². The summed E-state index contributed by atoms with van der Waals surface area (Å²) in [6.07, 6.45) is 12.0. The molecule has 10 heteroatoms. The quantitative estimate of drug-likeness (QED) is 0.175. The summed E-state index contributed by atoms with van der Waals surface area (Å²) in [4.78, 5) is 19.6. The molecule has 0 saturated carbocycles. The van der Waals surface area contributed by atoms with Crippen molar-refractivity contribution in [2.45, 2.75) is 4.90 Å². The first kappa shape index (κ1) is 21.8. The van der Waals surface area contributed by atoms with E-state index in [1.165, 1.54) is 48.5 Å². The van der Waals surface area contributed by atoms with Gasteiger partial charge in [-0.3, -0.25) is 10.0 Å². The predicted octanol–water partition coefficient (Wildman–Crippen LogP) is 2.91. The molecule has 0 fully saturated rings. The van der Waals surface area contributed by atoms with Gasteiger partial charge >= 0.3 is 0 Å². The highest BCUT2D eigenvalue weighted by molar-refractivity contribution is 7.90. The van der Waals surface area contributed by atoms with E-state index < -0.39 is 15.9 Å². The number of rotatable bonds is 6. The van der Waals surface area contributed by atoms with Crippen LogP contribution in [0.2, 0.25) is 0 Å². The lowest BCUT2D eigenvalue weighted by atomic mass is 10.2. The fourth-order valence-corrected chi connectivity index (χ4v) is 4.32. The molecule has 2 aromatic heterocycles. The predicted molar refractivity (Wildman–Crippen MR) is 123 cm³/mol. The molecule has 0 radical (unpaired) electrons. The minimum absolute atomic E-state index is 0.0319. The number of anilines is 2. The highest BCUT2D eigenvalue weighted by Gasteiger charge is 2.18. The van der Waals surface area contributed by atoms with Gasteiger partial charge in [0.25, 0.3) is 15.9 Å². The van der Waals surface area contributed by atoms with Gasteiger partial charge in [0.15, 0.2) is 0 Å². The van der Waals surface area contributed by atoms with E-state index in [0.717, 1.165) is 10.0 Å². The Bertz CT molecular complexity index is 1530. The molecule has 0 saturated heterocycles. The maximum atomic E-state index is 13.2. The fraction of sp³-hybridized carbons (Fsp3) is 0. The van der Waals surface area contributed by atoms with Crippen molar-refractivity contribution in [1.82, 2.24) is 19.4 Å². The normalized spacial score (nSPS) is 11.4. The lowest BCUT2D eigenvalue weighted by Crippen LogP contribution is -2.14. The third kappa shape index (κ3) is 4.59. The molecule has 0 bridgehead atoms. The van der Waals surface area contributed by atoms with Crippen LogP contribution in [0, 0.1) is 12.3 Å². The van der Waals surface area contributed by atoms with Crippen LogP contribution in [0.4, 0.5) is 11.5 Å². The topological polar surface area (TPSA) is 126 Å². The van der Waals surface area contributed by atoms with Crippen LogP contribution in [0.5, 0.6) is 0 Å². The summed E-state index contributed by atoms with van der Waals surface area (Å²) in [6.45, 7) is 0. The molecule has 0 spiro atoms. The SMILES string of the molecule is C#Cc1cccc(Nc2ncnc3ccc(S(=O)(=O)n4ccc(C=CC(=O)NO)c4)cc23)c1. The molecule has 0 aliphatic heterocycles. The van der Waals surface area contributed by atoms with Crippen molar-refractivity contribution in [2.75, 3.05) is 5.32 Å². The van der Waals surface area contributed by atoms with Crippen molar-refractivity contribution in [2.24, 2.45) is 0 Å². The number of carbonyl (C=O) groups is 1. The van der Waals surface area contributed by atoms with Crippen LogP contribution < -0.4 is 10.8 Å². The van der Waals surface area contributed by atoms with Crippen LogP contribution in [-0.2, 0) is 14.8 Å². The zero-order valence-electron chi connectivity index (χ0n) is 17.0. The molecular formula is C23H17N5O4S. The lowest BCUT2D eigenvalue weighted by Gasteiger charge is -2.11. The molecule has 0 unspecified atom stereocenters. The van der Waals surface area contributed by atoms with Gasteiger partial charge in [0.2, 0.25) is 0 Å². The largest absolute Gasteiger partial charge is 0.340 e. The van der Waals surface area contributed by atoms with Crippen LogP contribution in [0.3, 0.4) is 0 Å². The first-order valence-electron chi connectivity index (χ1n) is 9.55. The molecule has 4 rings (SSSR count). The van der Waals surface area contributed by atoms with Gasteiger partial charge in [-0.05, 0) is 54.1 Å². The van der Waals surface area contributed by atoms with Crippen molar-refractivity contribution in [3.05, 3.63) is 84.5 Å². The third-order valence-electron chi connectivity index (χ3n) is 4.70. The molecule has 164 valence electrons. The van der Waals surface area contributed by atoms with E-state index in [2.05, 4.69) is 21.2 Å². The zero-order valence-corrected chi connectivity index (χ0v) is 17.8. The molecule has 4 aromatic rings. The smallest absolute Gasteiger partial charge is 0.267 e. The van der Waals surface area contributed by atoms with Crippen LogP contribution in [0.15, 0.2) is 78.2 Å². The first-order valence-corrected chi connectivity index (χ1v) is 11.0. The van der Waals surface area contributed by atoms with Crippen molar-refractivity contribution in [1.29, 1.82) is 0 Å². The lowest BCUT2D eigenvalue weighted by molar-refractivity contribution is -0.124. The Kier molecular flexibility index (Phi) is 5.91. The van der Waals surface area contributed by atoms with E-state index in [1.807, 2.05) is 6.07 Å². The molecule has 0 aliphatic rings. The fourth-order valence-electron chi connectivity index (χ4n) is 3.09. The third-order valence-corrected chi connectivity index (χ3v) is 6.33. The number of terminal acetylenes is 1. The highest BCUT2D eigenvalue weighted by Crippen LogP contribution is 2.27. The van der Waals surface area contributed by atoms with Gasteiger partial charge in [0.05, 0.1) is 10.4 Å². The number of hydrogen-bond donors (Lipinski definition) is 3. The number of fused-ring (bicyclic) bond motifs is 1. The van der Waals surface area contributed by atoms with Gasteiger partial charge in [-0.15, -0.1) is 6.42 Å². The van der Waals surface area contributed by atoms with E-state index in [1.54, 1.807) is 24.3 Å². The van der Waals surface area contributed by atoms with Gasteiger partial charge < -0.3 is 5.32 Å². The Balaban J connectivity index is 1.71. The summed E-state index contributed by atoms with van der Waals surface area (Å²) in [5.41, 5.74) is 3.88. The summed E-state index contributed by atoms with van der Waals surface area (Å²) < 4.78 is 27.4. The minimum atomic E-state index is -3.93. The number of hydrogen-bond acceptors (Lipinski definition) is 7. The van der Waals surface area contributed by atoms with E-state index >= 15 is 0 Å². The average Bonchev–Trinajstić information content (AvgIpc) is 3.32. The van der Waals surface area contributed by atoms with Crippen molar-refractivity contribution in [3.8, 4) is 12.3 Å². The summed E-state index contributed by atoms with van der Waals surface area (Å²) in [5.74, 6) is 2.26. The molecule has 33 heavy (non-hydrogen) atoms. The van der Waals surface area contributed by atoms with Gasteiger partial charge in [-0.1, -0.05) is 12.0 Å². The average molecular weight is 459 g/mol. The number of benzene rings is 2. The van der Waals surface area contributed by atoms with Gasteiger partial charge in [-0.25, -0.2) is 27.8 Å². The number of carbonyl (C=O) groups excluding carboxylic acids is 1. The maximum Gasteiger partial charge on any atom is 0.267 e. The maximum absolute atomic E-state index is 13.2. The van der Waals surface area contributed by atoms with Crippen LogP contribution in [-0.4, -0.2) is 33.5 Å². The Labute approximate surface area is 189 Å². The van der Waals surface area contributed by atoms with Crippen molar-refractivity contribution >= 4 is 44.4 Å². The van der Waals surface area contributed by atoms with Gasteiger partial charge in [0, 0.05) is 35.1 Å². The van der Waals surface area contributed by atoms with Gasteiger partial charge in [-0.2, -0.15) is 0 Å². The van der Waals surface area contributed by atoms with E-state index in [4.69, 9.17) is 11.6 Å². The molecule has 2 heterocycles. The first-order chi connectivity index (χ1) is 15.9. The van der Waals surface area contributed by atoms with Crippen molar-refractivity contribution in [3.63, 3.8) is 0 Å². The summed E-state index contributed by atoms with van der Waals surface area (Å²) >= 11 is 0. The molecule has 9 nitrogen and oxygen atoms in total. The molecule has 1 amide bonds. The molecular weight excluding hydrogens is 442 g/mol. The minimum Gasteiger partial charge on any atom is -0.340 e. The van der Waals surface area contributed by atoms with Crippen LogP contribution in [0.25, 0.3) is 17.0 Å². The molecule has 0 aliphatic carbocycles. The number of aromatic nitrogens is 3. The monoisotopic (exact) mass is 459 g/mol. The Morgan fingerprint density at radius 3 is 2.79 bits per heavy atom. The Morgan fingerprint density at radius 2 is 2.00 bits per heavy atom. The Morgan fingerprint density at radius 1 is 1.15 bits per heavy atom. The second-order valence-corrected chi connectivity index (χ2v) is 8.68. The summed E-state index contributed by atoms with van der Waals surface area (Å²) in [5, 5.41) is 12.2. The summed E-state index contributed by atoms with van der Waals surface area (Å²) in [6, 6.07) is 13.3. The van der Waals surface area contributed by atoms with E-state index in [-0.39, 0.29) is 4.90 Å². The van der Waals surface area contributed by atoms with Crippen molar-refractivity contribution < 1.29 is 18.4 Å². The number of amides is 1. The number of nitrogens with one attached hydrogen (secondary N) is 2. The van der Waals surface area contributed by atoms with Gasteiger partial charge in [0.1, 0.15) is 12.1 Å². The standard InChI is InChI=1S/C23H17N5O4S/c1-2-16-4-3-5-18(12-16)26-23-20-13-19(7-8-21(20)24-15-25-23)33(31,32)28-11-10-17(14-28)6-9-22(29)27-30/h1,3-15,30H,(H,27,29)(H,24,25,26). The van der Waals surface area contributed by atoms with Crippen LogP contribution in [0.1, 0.15) is 11.1 Å². The molecule has 2 aromatic carbocycles. The number of nitrogens with zero attached hydrogens (tertiary/aromatic N) is 3. The van der Waals surface area contributed by atoms with E-state index in [0.29, 0.717) is 33.5 Å². The second kappa shape index (κ2) is 8.96. The molecule has 3 N–H and O–H groups in total. The highest BCUT2D eigenvalue weighted by atomic mass is 32.2. The van der Waals surface area contributed by atoms with Crippen LogP contribution >= 0.6 is 0 Å². The zero-order chi connectivity index (χ0) is 23.4. The second-order valence-electron chi connectivity index (χ2n) is 6.84. The number of hydroxylamine groups is 1. The Hall–Kier alpha value is -4.46. The molecule has 0 atom stereocenters.